The van der Waals surface area contributed by atoms with Gasteiger partial charge in [0.1, 0.15) is 11.9 Å². The van der Waals surface area contributed by atoms with E-state index >= 15 is 0 Å². The topological polar surface area (TPSA) is 67.4 Å². The molecule has 2 N–H and O–H groups in total. The lowest BCUT2D eigenvalue weighted by Gasteiger charge is -2.19. The average Bonchev–Trinajstić information content (AvgIpc) is 2.35. The van der Waals surface area contributed by atoms with Crippen molar-refractivity contribution in [3.63, 3.8) is 0 Å². The van der Waals surface area contributed by atoms with Gasteiger partial charge in [-0.05, 0) is 24.1 Å². The van der Waals surface area contributed by atoms with Gasteiger partial charge in [0.25, 0.3) is 0 Å². The van der Waals surface area contributed by atoms with E-state index in [1.165, 1.54) is 13.8 Å². The van der Waals surface area contributed by atoms with E-state index in [2.05, 4.69) is 10.6 Å². The van der Waals surface area contributed by atoms with Crippen molar-refractivity contribution in [1.82, 2.24) is 10.6 Å². The Labute approximate surface area is 113 Å². The van der Waals surface area contributed by atoms with Gasteiger partial charge in [-0.15, -0.1) is 0 Å². The summed E-state index contributed by atoms with van der Waals surface area (Å²) in [6.45, 7) is 5.53. The molecule has 2 amide bonds. The van der Waals surface area contributed by atoms with Crippen molar-refractivity contribution < 1.29 is 14.3 Å². The number of hydrogen-bond acceptors (Lipinski definition) is 3. The Morgan fingerprint density at radius 2 is 1.63 bits per heavy atom. The Hall–Kier alpha value is -2.04. The molecule has 0 saturated carbocycles. The fourth-order valence-electron chi connectivity index (χ4n) is 1.59. The molecule has 104 valence electrons. The second-order valence-electron chi connectivity index (χ2n) is 4.25. The third-order valence-corrected chi connectivity index (χ3v) is 2.38. The molecule has 0 aliphatic carbocycles. The molecule has 5 nitrogen and oxygen atoms in total. The van der Waals surface area contributed by atoms with Gasteiger partial charge < -0.3 is 15.4 Å². The highest BCUT2D eigenvalue weighted by Gasteiger charge is 2.13. The highest BCUT2D eigenvalue weighted by atomic mass is 16.5. The Morgan fingerprint density at radius 3 is 2.05 bits per heavy atom. The van der Waals surface area contributed by atoms with E-state index in [1.807, 2.05) is 31.2 Å². The van der Waals surface area contributed by atoms with Crippen molar-refractivity contribution >= 4 is 11.8 Å². The molecule has 0 atom stereocenters. The normalized spacial score (nSPS) is 10.1. The fraction of sp³-hybridized carbons (Fsp3) is 0.429. The summed E-state index contributed by atoms with van der Waals surface area (Å²) >= 11 is 0. The molecule has 0 spiro atoms. The van der Waals surface area contributed by atoms with Gasteiger partial charge in [-0.3, -0.25) is 9.59 Å². The molecule has 5 heteroatoms. The van der Waals surface area contributed by atoms with Crippen LogP contribution < -0.4 is 15.4 Å². The van der Waals surface area contributed by atoms with Gasteiger partial charge in [-0.1, -0.05) is 19.1 Å². The Balaban J connectivity index is 2.77. The molecule has 0 unspecified atom stereocenters. The molecule has 0 bridgehead atoms. The first-order valence-corrected chi connectivity index (χ1v) is 6.30. The van der Waals surface area contributed by atoms with Crippen molar-refractivity contribution in [3.8, 4) is 5.75 Å². The summed E-state index contributed by atoms with van der Waals surface area (Å²) in [4.78, 5) is 22.3. The van der Waals surface area contributed by atoms with Crippen LogP contribution in [0.5, 0.6) is 5.75 Å². The Kier molecular flexibility index (Phi) is 5.85. The molecule has 1 aromatic rings. The molecule has 0 saturated heterocycles. The van der Waals surface area contributed by atoms with E-state index in [4.69, 9.17) is 4.74 Å². The zero-order chi connectivity index (χ0) is 14.3. The van der Waals surface area contributed by atoms with Gasteiger partial charge in [-0.2, -0.15) is 0 Å². The standard InChI is InChI=1S/C14H20N2O3/c1-4-9-19-13-7-5-12(6-8-13)14(15-10(2)17)16-11(3)18/h5-8,14H,4,9H2,1-3H3,(H,15,17)(H,16,18). The van der Waals surface area contributed by atoms with Crippen LogP contribution in [0, 0.1) is 0 Å². The third-order valence-electron chi connectivity index (χ3n) is 2.38. The largest absolute Gasteiger partial charge is 0.494 e. The first-order valence-electron chi connectivity index (χ1n) is 6.30. The van der Waals surface area contributed by atoms with Gasteiger partial charge in [0, 0.05) is 13.8 Å². The molecule has 0 aliphatic heterocycles. The summed E-state index contributed by atoms with van der Waals surface area (Å²) in [7, 11) is 0. The third kappa shape index (κ3) is 5.42. The summed E-state index contributed by atoms with van der Waals surface area (Å²) in [5, 5.41) is 5.36. The van der Waals surface area contributed by atoms with Crippen molar-refractivity contribution in [3.05, 3.63) is 29.8 Å². The van der Waals surface area contributed by atoms with Gasteiger partial charge in [0.15, 0.2) is 0 Å². The monoisotopic (exact) mass is 264 g/mol. The van der Waals surface area contributed by atoms with Gasteiger partial charge in [-0.25, -0.2) is 0 Å². The van der Waals surface area contributed by atoms with E-state index in [0.29, 0.717) is 6.61 Å². The van der Waals surface area contributed by atoms with Crippen molar-refractivity contribution in [2.45, 2.75) is 33.4 Å². The van der Waals surface area contributed by atoms with Crippen LogP contribution in [0.1, 0.15) is 38.9 Å². The molecule has 1 rings (SSSR count). The van der Waals surface area contributed by atoms with Crippen molar-refractivity contribution in [2.24, 2.45) is 0 Å². The average molecular weight is 264 g/mol. The zero-order valence-corrected chi connectivity index (χ0v) is 11.5. The van der Waals surface area contributed by atoms with Crippen LogP contribution in [0.4, 0.5) is 0 Å². The smallest absolute Gasteiger partial charge is 0.218 e. The first-order chi connectivity index (χ1) is 9.02. The maximum Gasteiger partial charge on any atom is 0.218 e. The molecule has 0 radical (unpaired) electrons. The summed E-state index contributed by atoms with van der Waals surface area (Å²) in [5.74, 6) is 0.366. The number of carbonyl (C=O) groups is 2. The minimum atomic E-state index is -0.518. The molecular weight excluding hydrogens is 244 g/mol. The fourth-order valence-corrected chi connectivity index (χ4v) is 1.59. The molecule has 0 heterocycles. The number of amides is 2. The number of rotatable bonds is 6. The first kappa shape index (κ1) is 15.0. The predicted molar refractivity (Wildman–Crippen MR) is 72.6 cm³/mol. The second kappa shape index (κ2) is 7.41. The molecular formula is C14H20N2O3. The Morgan fingerprint density at radius 1 is 1.11 bits per heavy atom. The van der Waals surface area contributed by atoms with E-state index < -0.39 is 6.17 Å². The number of nitrogens with one attached hydrogen (secondary N) is 2. The lowest BCUT2D eigenvalue weighted by atomic mass is 10.1. The van der Waals surface area contributed by atoms with E-state index in [1.54, 1.807) is 0 Å². The summed E-state index contributed by atoms with van der Waals surface area (Å²) in [5.41, 5.74) is 0.800. The number of benzene rings is 1. The van der Waals surface area contributed by atoms with Crippen LogP contribution in [0.25, 0.3) is 0 Å². The quantitative estimate of drug-likeness (QED) is 0.769. The van der Waals surface area contributed by atoms with Crippen LogP contribution in [-0.4, -0.2) is 18.4 Å². The van der Waals surface area contributed by atoms with E-state index in [0.717, 1.165) is 17.7 Å². The number of ether oxygens (including phenoxy) is 1. The molecule has 0 aliphatic rings. The number of carbonyl (C=O) groups excluding carboxylic acids is 2. The Bertz CT molecular complexity index is 413. The summed E-state index contributed by atoms with van der Waals surface area (Å²) in [6.07, 6.45) is 0.428. The van der Waals surface area contributed by atoms with Crippen LogP contribution in [0.2, 0.25) is 0 Å². The molecule has 19 heavy (non-hydrogen) atoms. The zero-order valence-electron chi connectivity index (χ0n) is 11.5. The van der Waals surface area contributed by atoms with Crippen molar-refractivity contribution in [1.29, 1.82) is 0 Å². The molecule has 0 aromatic heterocycles. The maximum atomic E-state index is 11.1. The SMILES string of the molecule is CCCOc1ccc(C(NC(C)=O)NC(C)=O)cc1. The minimum Gasteiger partial charge on any atom is -0.494 e. The lowest BCUT2D eigenvalue weighted by Crippen LogP contribution is -2.39. The van der Waals surface area contributed by atoms with E-state index in [-0.39, 0.29) is 11.8 Å². The highest BCUT2D eigenvalue weighted by Crippen LogP contribution is 2.16. The summed E-state index contributed by atoms with van der Waals surface area (Å²) < 4.78 is 5.48. The summed E-state index contributed by atoms with van der Waals surface area (Å²) in [6, 6.07) is 7.28. The molecule has 1 aromatic carbocycles. The van der Waals surface area contributed by atoms with Crippen LogP contribution in [-0.2, 0) is 9.59 Å². The minimum absolute atomic E-state index is 0.204. The van der Waals surface area contributed by atoms with Gasteiger partial charge in [0.2, 0.25) is 11.8 Å². The molecule has 0 fully saturated rings. The number of hydrogen-bond donors (Lipinski definition) is 2. The highest BCUT2D eigenvalue weighted by molar-refractivity contribution is 5.76. The van der Waals surface area contributed by atoms with Crippen LogP contribution in [0.15, 0.2) is 24.3 Å². The maximum absolute atomic E-state index is 11.1. The second-order valence-corrected chi connectivity index (χ2v) is 4.25. The predicted octanol–water partition coefficient (Wildman–Crippen LogP) is 1.75. The van der Waals surface area contributed by atoms with Crippen molar-refractivity contribution in [2.75, 3.05) is 6.61 Å². The van der Waals surface area contributed by atoms with Crippen LogP contribution >= 0.6 is 0 Å². The lowest BCUT2D eigenvalue weighted by molar-refractivity contribution is -0.122. The van der Waals surface area contributed by atoms with E-state index in [9.17, 15) is 9.59 Å². The van der Waals surface area contributed by atoms with Gasteiger partial charge >= 0.3 is 0 Å². The van der Waals surface area contributed by atoms with Gasteiger partial charge in [0.05, 0.1) is 6.61 Å². The van der Waals surface area contributed by atoms with Crippen LogP contribution in [0.3, 0.4) is 0 Å².